The third-order valence-corrected chi connectivity index (χ3v) is 4.64. The summed E-state index contributed by atoms with van der Waals surface area (Å²) in [4.78, 5) is 20.8. The molecule has 0 radical (unpaired) electrons. The minimum atomic E-state index is -0.442. The molecule has 0 amide bonds. The standard InChI is InChI=1S/C20H17ClN4O2/c1-27-20(26)16-11-14(21)2-4-17(16)24-15-3-5-18-13(10-15)6-9-25(18)19-12-22-7-8-23-19/h2-11,19,24H,12H2,1H3/t19-/m1/s1. The summed E-state index contributed by atoms with van der Waals surface area (Å²) in [5.41, 5.74) is 2.95. The number of esters is 1. The van der Waals surface area contributed by atoms with Crippen molar-refractivity contribution in [3.05, 3.63) is 59.2 Å². The Morgan fingerprint density at radius 3 is 2.89 bits per heavy atom. The lowest BCUT2D eigenvalue weighted by Crippen LogP contribution is -2.12. The lowest BCUT2D eigenvalue weighted by atomic mass is 10.1. The Kier molecular flexibility index (Phi) is 4.64. The maximum Gasteiger partial charge on any atom is 0.340 e. The van der Waals surface area contributed by atoms with Gasteiger partial charge in [0.25, 0.3) is 0 Å². The molecule has 0 unspecified atom stereocenters. The Labute approximate surface area is 161 Å². The highest BCUT2D eigenvalue weighted by molar-refractivity contribution is 6.31. The summed E-state index contributed by atoms with van der Waals surface area (Å²) in [7, 11) is 1.35. The topological polar surface area (TPSA) is 68.0 Å². The molecule has 1 aromatic heterocycles. The number of hydrogen-bond donors (Lipinski definition) is 1. The second-order valence-electron chi connectivity index (χ2n) is 6.10. The van der Waals surface area contributed by atoms with Crippen molar-refractivity contribution < 1.29 is 9.53 Å². The number of rotatable bonds is 4. The molecule has 1 aliphatic rings. The van der Waals surface area contributed by atoms with Crippen LogP contribution in [0.15, 0.2) is 58.6 Å². The second-order valence-corrected chi connectivity index (χ2v) is 6.53. The van der Waals surface area contributed by atoms with Gasteiger partial charge in [0, 0.05) is 34.7 Å². The first kappa shape index (κ1) is 17.3. The molecule has 0 bridgehead atoms. The van der Waals surface area contributed by atoms with Gasteiger partial charge in [-0.2, -0.15) is 0 Å². The lowest BCUT2D eigenvalue weighted by molar-refractivity contribution is 0.0602. The fourth-order valence-corrected chi connectivity index (χ4v) is 3.28. The number of carbonyl (C=O) groups excluding carboxylic acids is 1. The van der Waals surface area contributed by atoms with Crippen LogP contribution in [0.2, 0.25) is 5.02 Å². The zero-order chi connectivity index (χ0) is 18.8. The van der Waals surface area contributed by atoms with Gasteiger partial charge in [-0.1, -0.05) is 11.6 Å². The molecule has 0 saturated carbocycles. The molecule has 0 spiro atoms. The van der Waals surface area contributed by atoms with Crippen molar-refractivity contribution in [3.8, 4) is 0 Å². The molecule has 27 heavy (non-hydrogen) atoms. The van der Waals surface area contributed by atoms with Crippen molar-refractivity contribution in [1.82, 2.24) is 4.57 Å². The lowest BCUT2D eigenvalue weighted by Gasteiger charge is -2.16. The molecule has 1 N–H and O–H groups in total. The van der Waals surface area contributed by atoms with E-state index in [1.807, 2.05) is 30.5 Å². The molecule has 1 aliphatic heterocycles. The number of benzene rings is 2. The van der Waals surface area contributed by atoms with Crippen molar-refractivity contribution in [1.29, 1.82) is 0 Å². The van der Waals surface area contributed by atoms with Gasteiger partial charge in [-0.15, -0.1) is 0 Å². The molecule has 0 saturated heterocycles. The number of aromatic nitrogens is 1. The fraction of sp³-hybridized carbons (Fsp3) is 0.150. The third-order valence-electron chi connectivity index (χ3n) is 4.41. The van der Waals surface area contributed by atoms with Crippen molar-refractivity contribution in [2.75, 3.05) is 19.0 Å². The molecule has 1 atom stereocenters. The quantitative estimate of drug-likeness (QED) is 0.678. The van der Waals surface area contributed by atoms with Gasteiger partial charge in [0.15, 0.2) is 0 Å². The molecule has 2 heterocycles. The Hall–Kier alpha value is -3.12. The average molecular weight is 381 g/mol. The number of nitrogens with one attached hydrogen (secondary N) is 1. The van der Waals surface area contributed by atoms with E-state index < -0.39 is 5.97 Å². The molecule has 136 valence electrons. The van der Waals surface area contributed by atoms with Crippen LogP contribution < -0.4 is 5.32 Å². The molecular weight excluding hydrogens is 364 g/mol. The molecular formula is C20H17ClN4O2. The van der Waals surface area contributed by atoms with E-state index in [1.165, 1.54) is 7.11 Å². The van der Waals surface area contributed by atoms with E-state index in [2.05, 4.69) is 19.9 Å². The SMILES string of the molecule is COC(=O)c1cc(Cl)ccc1Nc1ccc2c(ccn2[C@@H]2CN=CC=N2)c1. The molecule has 7 heteroatoms. The fourth-order valence-electron chi connectivity index (χ4n) is 3.11. The van der Waals surface area contributed by atoms with Gasteiger partial charge in [0.05, 0.1) is 30.4 Å². The summed E-state index contributed by atoms with van der Waals surface area (Å²) in [6, 6.07) is 13.1. The van der Waals surface area contributed by atoms with E-state index in [9.17, 15) is 4.79 Å². The number of fused-ring (bicyclic) bond motifs is 1. The smallest absolute Gasteiger partial charge is 0.340 e. The monoisotopic (exact) mass is 380 g/mol. The van der Waals surface area contributed by atoms with Crippen molar-refractivity contribution in [2.24, 2.45) is 9.98 Å². The average Bonchev–Trinajstić information content (AvgIpc) is 3.12. The van der Waals surface area contributed by atoms with E-state index in [1.54, 1.807) is 30.6 Å². The first-order chi connectivity index (χ1) is 13.2. The van der Waals surface area contributed by atoms with E-state index in [0.29, 0.717) is 22.8 Å². The number of halogens is 1. The summed E-state index contributed by atoms with van der Waals surface area (Å²) >= 11 is 6.02. The van der Waals surface area contributed by atoms with Crippen molar-refractivity contribution in [3.63, 3.8) is 0 Å². The number of methoxy groups -OCH3 is 1. The van der Waals surface area contributed by atoms with E-state index in [4.69, 9.17) is 16.3 Å². The maximum atomic E-state index is 12.0. The van der Waals surface area contributed by atoms with E-state index in [-0.39, 0.29) is 6.17 Å². The van der Waals surface area contributed by atoms with Crippen LogP contribution in [0.25, 0.3) is 10.9 Å². The van der Waals surface area contributed by atoms with Crippen molar-refractivity contribution >= 4 is 52.3 Å². The number of ether oxygens (including phenoxy) is 1. The first-order valence-corrected chi connectivity index (χ1v) is 8.80. The predicted octanol–water partition coefficient (Wildman–Crippen LogP) is 4.48. The van der Waals surface area contributed by atoms with Crippen LogP contribution in [-0.4, -0.2) is 36.6 Å². The van der Waals surface area contributed by atoms with Crippen LogP contribution in [0.5, 0.6) is 0 Å². The molecule has 4 rings (SSSR count). The maximum absolute atomic E-state index is 12.0. The zero-order valence-electron chi connectivity index (χ0n) is 14.6. The van der Waals surface area contributed by atoms with E-state index >= 15 is 0 Å². The summed E-state index contributed by atoms with van der Waals surface area (Å²) in [6.07, 6.45) is 5.44. The minimum absolute atomic E-state index is 0.0199. The molecule has 0 fully saturated rings. The largest absolute Gasteiger partial charge is 0.465 e. The Morgan fingerprint density at radius 1 is 1.22 bits per heavy atom. The molecule has 2 aromatic carbocycles. The summed E-state index contributed by atoms with van der Waals surface area (Å²) in [5, 5.41) is 4.82. The number of carbonyl (C=O) groups is 1. The Morgan fingerprint density at radius 2 is 2.11 bits per heavy atom. The Balaban J connectivity index is 1.65. The predicted molar refractivity (Wildman–Crippen MR) is 109 cm³/mol. The highest BCUT2D eigenvalue weighted by Gasteiger charge is 2.15. The highest BCUT2D eigenvalue weighted by Crippen LogP contribution is 2.29. The molecule has 3 aromatic rings. The highest BCUT2D eigenvalue weighted by atomic mass is 35.5. The van der Waals surface area contributed by atoms with Gasteiger partial charge in [-0.05, 0) is 42.5 Å². The van der Waals surface area contributed by atoms with Crippen molar-refractivity contribution in [2.45, 2.75) is 6.17 Å². The number of hydrogen-bond acceptors (Lipinski definition) is 5. The van der Waals surface area contributed by atoms with Gasteiger partial charge in [-0.25, -0.2) is 4.79 Å². The number of nitrogens with zero attached hydrogens (tertiary/aromatic N) is 3. The Bertz CT molecular complexity index is 1070. The molecule has 0 aliphatic carbocycles. The van der Waals surface area contributed by atoms with Crippen LogP contribution in [0, 0.1) is 0 Å². The van der Waals surface area contributed by atoms with E-state index in [0.717, 1.165) is 16.6 Å². The summed E-state index contributed by atoms with van der Waals surface area (Å²) in [6.45, 7) is 0.632. The first-order valence-electron chi connectivity index (χ1n) is 8.43. The normalized spacial score (nSPS) is 15.9. The van der Waals surface area contributed by atoms with Gasteiger partial charge in [-0.3, -0.25) is 9.98 Å². The van der Waals surface area contributed by atoms with Gasteiger partial charge >= 0.3 is 5.97 Å². The summed E-state index contributed by atoms with van der Waals surface area (Å²) < 4.78 is 6.95. The van der Waals surface area contributed by atoms with Gasteiger partial charge in [0.1, 0.15) is 6.17 Å². The van der Waals surface area contributed by atoms with Crippen LogP contribution in [-0.2, 0) is 4.74 Å². The van der Waals surface area contributed by atoms with Crippen LogP contribution >= 0.6 is 11.6 Å². The number of aliphatic imine (C=N–C) groups is 2. The van der Waals surface area contributed by atoms with Crippen LogP contribution in [0.4, 0.5) is 11.4 Å². The van der Waals surface area contributed by atoms with Crippen LogP contribution in [0.3, 0.4) is 0 Å². The van der Waals surface area contributed by atoms with Crippen LogP contribution in [0.1, 0.15) is 16.5 Å². The van der Waals surface area contributed by atoms with Gasteiger partial charge < -0.3 is 14.6 Å². The number of anilines is 2. The second kappa shape index (κ2) is 7.25. The zero-order valence-corrected chi connectivity index (χ0v) is 15.3. The molecule has 6 nitrogen and oxygen atoms in total. The van der Waals surface area contributed by atoms with Gasteiger partial charge in [0.2, 0.25) is 0 Å². The third kappa shape index (κ3) is 3.44. The summed E-state index contributed by atoms with van der Waals surface area (Å²) in [5.74, 6) is -0.442. The minimum Gasteiger partial charge on any atom is -0.465 e.